The van der Waals surface area contributed by atoms with Crippen LogP contribution in [-0.2, 0) is 14.3 Å². The van der Waals surface area contributed by atoms with Crippen molar-refractivity contribution in [1.82, 2.24) is 0 Å². The Bertz CT molecular complexity index is 792. The quantitative estimate of drug-likeness (QED) is 0.373. The molecule has 0 spiro atoms. The lowest BCUT2D eigenvalue weighted by molar-refractivity contribution is -0.138. The molecule has 0 radical (unpaired) electrons. The molecular formula is C21H26N2O4. The minimum atomic E-state index is -0.446. The van der Waals surface area contributed by atoms with Crippen molar-refractivity contribution in [3.05, 3.63) is 59.7 Å². The number of hydrogen-bond acceptors (Lipinski definition) is 6. The number of esters is 1. The van der Waals surface area contributed by atoms with Crippen LogP contribution in [0, 0.1) is 12.3 Å². The molecule has 0 amide bonds. The SMILES string of the molecule is C=C/C(=C\C=C/C)COc1cc(C(=N)C(C)=O)c(NCC(=O)OC)cc1C. The van der Waals surface area contributed by atoms with Gasteiger partial charge in [0.25, 0.3) is 0 Å². The molecule has 0 aliphatic rings. The number of Topliss-reactive ketones (excluding diaryl/α,β-unsaturated/α-hetero) is 1. The Morgan fingerprint density at radius 3 is 2.59 bits per heavy atom. The normalized spacial score (nSPS) is 11.2. The Morgan fingerprint density at radius 2 is 2.04 bits per heavy atom. The molecule has 144 valence electrons. The standard InChI is InChI=1S/C21H26N2O4/c1-6-8-9-16(7-2)13-27-19-11-17(21(22)15(4)24)18(10-14(19)3)23-12-20(25)26-5/h6-11,22-23H,2,12-13H2,1,3-5H3/b8-6-,16-9+,22-21?. The van der Waals surface area contributed by atoms with E-state index in [1.807, 2.05) is 32.1 Å². The molecule has 1 rings (SSSR count). The predicted molar refractivity (Wildman–Crippen MR) is 108 cm³/mol. The predicted octanol–water partition coefficient (Wildman–Crippen LogP) is 3.60. The highest BCUT2D eigenvalue weighted by Gasteiger charge is 2.16. The van der Waals surface area contributed by atoms with Crippen LogP contribution in [0.15, 0.2) is 48.6 Å². The zero-order valence-electron chi connectivity index (χ0n) is 16.2. The topological polar surface area (TPSA) is 88.5 Å². The molecule has 0 aromatic heterocycles. The Hall–Kier alpha value is -3.15. The van der Waals surface area contributed by atoms with Gasteiger partial charge in [0.1, 0.15) is 24.6 Å². The van der Waals surface area contributed by atoms with E-state index in [0.29, 0.717) is 23.6 Å². The minimum Gasteiger partial charge on any atom is -0.489 e. The van der Waals surface area contributed by atoms with Gasteiger partial charge < -0.3 is 14.8 Å². The van der Waals surface area contributed by atoms with Crippen molar-refractivity contribution in [3.8, 4) is 5.75 Å². The Labute approximate surface area is 160 Å². The van der Waals surface area contributed by atoms with Crippen LogP contribution in [-0.4, -0.2) is 37.7 Å². The maximum absolute atomic E-state index is 11.7. The summed E-state index contributed by atoms with van der Waals surface area (Å²) in [6, 6.07) is 3.38. The summed E-state index contributed by atoms with van der Waals surface area (Å²) in [6.45, 7) is 9.09. The Morgan fingerprint density at radius 1 is 1.33 bits per heavy atom. The van der Waals surface area contributed by atoms with Crippen molar-refractivity contribution in [3.63, 3.8) is 0 Å². The van der Waals surface area contributed by atoms with Crippen molar-refractivity contribution >= 4 is 23.2 Å². The molecule has 6 nitrogen and oxygen atoms in total. The number of hydrogen-bond donors (Lipinski definition) is 2. The van der Waals surface area contributed by atoms with Gasteiger partial charge in [0, 0.05) is 18.2 Å². The smallest absolute Gasteiger partial charge is 0.325 e. The molecule has 0 fully saturated rings. The first-order valence-electron chi connectivity index (χ1n) is 8.46. The first kappa shape index (κ1) is 21.9. The molecule has 1 aromatic rings. The fraction of sp³-hybridized carbons (Fsp3) is 0.286. The third-order valence-corrected chi connectivity index (χ3v) is 3.75. The van der Waals surface area contributed by atoms with Crippen LogP contribution < -0.4 is 10.1 Å². The number of carbonyl (C=O) groups is 2. The summed E-state index contributed by atoms with van der Waals surface area (Å²) in [5, 5.41) is 11.0. The highest BCUT2D eigenvalue weighted by molar-refractivity contribution is 6.45. The third kappa shape index (κ3) is 6.58. The van der Waals surface area contributed by atoms with Gasteiger partial charge >= 0.3 is 5.97 Å². The lowest BCUT2D eigenvalue weighted by Crippen LogP contribution is -2.19. The number of methoxy groups -OCH3 is 1. The molecule has 0 saturated carbocycles. The Balaban J connectivity index is 3.18. The minimum absolute atomic E-state index is 0.0684. The maximum Gasteiger partial charge on any atom is 0.325 e. The molecule has 0 unspecified atom stereocenters. The van der Waals surface area contributed by atoms with E-state index in [4.69, 9.17) is 10.1 Å². The molecule has 0 heterocycles. The molecule has 0 saturated heterocycles. The van der Waals surface area contributed by atoms with Gasteiger partial charge in [0.05, 0.1) is 7.11 Å². The average molecular weight is 370 g/mol. The van der Waals surface area contributed by atoms with E-state index in [1.54, 1.807) is 18.2 Å². The molecule has 27 heavy (non-hydrogen) atoms. The molecular weight excluding hydrogens is 344 g/mol. The molecule has 2 N–H and O–H groups in total. The zero-order chi connectivity index (χ0) is 20.4. The molecule has 1 aromatic carbocycles. The fourth-order valence-corrected chi connectivity index (χ4v) is 2.18. The lowest BCUT2D eigenvalue weighted by atomic mass is 10.0. The molecule has 0 aliphatic carbocycles. The number of nitrogens with one attached hydrogen (secondary N) is 2. The van der Waals surface area contributed by atoms with Crippen molar-refractivity contribution in [1.29, 1.82) is 5.41 Å². The average Bonchev–Trinajstić information content (AvgIpc) is 2.66. The van der Waals surface area contributed by atoms with Crippen molar-refractivity contribution in [2.24, 2.45) is 0 Å². The third-order valence-electron chi connectivity index (χ3n) is 3.75. The van der Waals surface area contributed by atoms with E-state index in [1.165, 1.54) is 14.0 Å². The summed E-state index contributed by atoms with van der Waals surface area (Å²) in [5.41, 5.74) is 2.39. The number of aryl methyl sites for hydroxylation is 1. The maximum atomic E-state index is 11.7. The van der Waals surface area contributed by atoms with E-state index >= 15 is 0 Å². The molecule has 0 aliphatic heterocycles. The van der Waals surface area contributed by atoms with Gasteiger partial charge in [-0.2, -0.15) is 0 Å². The van der Waals surface area contributed by atoms with Crippen molar-refractivity contribution in [2.45, 2.75) is 20.8 Å². The zero-order valence-corrected chi connectivity index (χ0v) is 16.2. The van der Waals surface area contributed by atoms with Crippen molar-refractivity contribution in [2.75, 3.05) is 25.6 Å². The molecule has 0 bridgehead atoms. The van der Waals surface area contributed by atoms with Gasteiger partial charge in [-0.25, -0.2) is 0 Å². The van der Waals surface area contributed by atoms with E-state index in [2.05, 4.69) is 16.6 Å². The van der Waals surface area contributed by atoms with Crippen LogP contribution in [0.25, 0.3) is 0 Å². The fourth-order valence-electron chi connectivity index (χ4n) is 2.18. The largest absolute Gasteiger partial charge is 0.489 e. The summed E-state index contributed by atoms with van der Waals surface area (Å²) in [6.07, 6.45) is 7.40. The first-order valence-corrected chi connectivity index (χ1v) is 8.46. The highest BCUT2D eigenvalue weighted by Crippen LogP contribution is 2.28. The van der Waals surface area contributed by atoms with Gasteiger partial charge in [-0.1, -0.05) is 30.9 Å². The lowest BCUT2D eigenvalue weighted by Gasteiger charge is -2.16. The van der Waals surface area contributed by atoms with Gasteiger partial charge in [-0.05, 0) is 37.1 Å². The van der Waals surface area contributed by atoms with Gasteiger partial charge in [0.15, 0.2) is 5.78 Å². The summed E-state index contributed by atoms with van der Waals surface area (Å²) >= 11 is 0. The number of anilines is 1. The molecule has 6 heteroatoms. The van der Waals surface area contributed by atoms with E-state index in [9.17, 15) is 9.59 Å². The Kier molecular flexibility index (Phi) is 8.72. The van der Waals surface area contributed by atoms with Crippen LogP contribution in [0.4, 0.5) is 5.69 Å². The summed E-state index contributed by atoms with van der Waals surface area (Å²) in [5.74, 6) is -0.281. The van der Waals surface area contributed by atoms with Crippen LogP contribution in [0.3, 0.4) is 0 Å². The second-order valence-corrected chi connectivity index (χ2v) is 5.78. The molecule has 0 atom stereocenters. The number of benzene rings is 1. The monoisotopic (exact) mass is 370 g/mol. The van der Waals surface area contributed by atoms with E-state index < -0.39 is 5.97 Å². The van der Waals surface area contributed by atoms with Crippen LogP contribution >= 0.6 is 0 Å². The van der Waals surface area contributed by atoms with Crippen molar-refractivity contribution < 1.29 is 19.1 Å². The summed E-state index contributed by atoms with van der Waals surface area (Å²) in [7, 11) is 1.29. The van der Waals surface area contributed by atoms with Gasteiger partial charge in [0.2, 0.25) is 0 Å². The second-order valence-electron chi connectivity index (χ2n) is 5.78. The highest BCUT2D eigenvalue weighted by atomic mass is 16.5. The van der Waals surface area contributed by atoms with E-state index in [-0.39, 0.29) is 18.0 Å². The number of allylic oxidation sites excluding steroid dienone is 3. The first-order chi connectivity index (χ1) is 12.8. The van der Waals surface area contributed by atoms with E-state index in [0.717, 1.165) is 11.1 Å². The summed E-state index contributed by atoms with van der Waals surface area (Å²) in [4.78, 5) is 23.1. The second kappa shape index (κ2) is 10.8. The number of carbonyl (C=O) groups excluding carboxylic acids is 2. The van der Waals surface area contributed by atoms with Crippen LogP contribution in [0.2, 0.25) is 0 Å². The number of rotatable bonds is 10. The van der Waals surface area contributed by atoms with Gasteiger partial charge in [-0.3, -0.25) is 15.0 Å². The number of ether oxygens (including phenoxy) is 2. The van der Waals surface area contributed by atoms with Gasteiger partial charge in [-0.15, -0.1) is 0 Å². The number of ketones is 1. The summed E-state index contributed by atoms with van der Waals surface area (Å²) < 4.78 is 10.5. The van der Waals surface area contributed by atoms with Crippen LogP contribution in [0.1, 0.15) is 25.0 Å². The van der Waals surface area contributed by atoms with Crippen LogP contribution in [0.5, 0.6) is 5.75 Å².